The predicted octanol–water partition coefficient (Wildman–Crippen LogP) is 0.175. The summed E-state index contributed by atoms with van der Waals surface area (Å²) in [6.07, 6.45) is -4.01. The van der Waals surface area contributed by atoms with Gasteiger partial charge in [-0.2, -0.15) is 0 Å². The maximum absolute atomic E-state index is 11.3. The minimum Gasteiger partial charge on any atom is -0.458 e. The molecule has 0 spiro atoms. The lowest BCUT2D eigenvalue weighted by Gasteiger charge is -2.04. The first-order valence-electron chi connectivity index (χ1n) is 2.67. The number of hydrogen-bond acceptors (Lipinski definition) is 3. The van der Waals surface area contributed by atoms with Crippen LogP contribution in [-0.4, -0.2) is 30.2 Å². The van der Waals surface area contributed by atoms with Crippen LogP contribution >= 0.6 is 0 Å². The first kappa shape index (κ1) is 9.29. The van der Waals surface area contributed by atoms with E-state index in [9.17, 15) is 13.6 Å². The zero-order valence-corrected chi connectivity index (χ0v) is 5.38. The van der Waals surface area contributed by atoms with E-state index in [0.717, 1.165) is 6.92 Å². The van der Waals surface area contributed by atoms with Crippen molar-refractivity contribution in [2.24, 2.45) is 0 Å². The quantitative estimate of drug-likeness (QED) is 0.589. The first-order chi connectivity index (χ1) is 4.54. The van der Waals surface area contributed by atoms with Crippen molar-refractivity contribution in [1.29, 1.82) is 0 Å². The summed E-state index contributed by atoms with van der Waals surface area (Å²) < 4.78 is 26.5. The van der Waals surface area contributed by atoms with Crippen LogP contribution in [0, 0.1) is 0 Å². The Morgan fingerprint density at radius 2 is 2.20 bits per heavy atom. The van der Waals surface area contributed by atoms with Gasteiger partial charge >= 0.3 is 5.97 Å². The Bertz CT molecular complexity index is 113. The lowest BCUT2D eigenvalue weighted by atomic mass is 10.4. The molecular weight excluding hydrogens is 146 g/mol. The van der Waals surface area contributed by atoms with Gasteiger partial charge in [-0.05, 0) is 6.92 Å². The fourth-order valence-electron chi connectivity index (χ4n) is 0.266. The molecule has 0 aliphatic heterocycles. The SMILES string of the molecule is C[C@H](O)C(=O)OCC(F)F. The van der Waals surface area contributed by atoms with Gasteiger partial charge in [0.25, 0.3) is 6.43 Å². The summed E-state index contributed by atoms with van der Waals surface area (Å²) in [5, 5.41) is 8.41. The van der Waals surface area contributed by atoms with Crippen LogP contribution in [0.25, 0.3) is 0 Å². The van der Waals surface area contributed by atoms with E-state index >= 15 is 0 Å². The number of ether oxygens (including phenoxy) is 1. The van der Waals surface area contributed by atoms with Crippen molar-refractivity contribution >= 4 is 5.97 Å². The van der Waals surface area contributed by atoms with E-state index < -0.39 is 25.1 Å². The molecule has 0 fully saturated rings. The summed E-state index contributed by atoms with van der Waals surface area (Å²) in [6, 6.07) is 0. The van der Waals surface area contributed by atoms with E-state index in [4.69, 9.17) is 5.11 Å². The molecule has 10 heavy (non-hydrogen) atoms. The summed E-state index contributed by atoms with van der Waals surface area (Å²) in [5.74, 6) is -1.03. The zero-order chi connectivity index (χ0) is 8.15. The molecule has 0 unspecified atom stereocenters. The lowest BCUT2D eigenvalue weighted by molar-refractivity contribution is -0.156. The minimum atomic E-state index is -2.68. The molecule has 0 saturated heterocycles. The van der Waals surface area contributed by atoms with Crippen LogP contribution in [0.15, 0.2) is 0 Å². The van der Waals surface area contributed by atoms with Gasteiger partial charge < -0.3 is 9.84 Å². The third-order valence-corrected chi connectivity index (χ3v) is 0.693. The number of hydrogen-bond donors (Lipinski definition) is 1. The van der Waals surface area contributed by atoms with Crippen molar-refractivity contribution < 1.29 is 23.4 Å². The van der Waals surface area contributed by atoms with E-state index in [1.807, 2.05) is 0 Å². The van der Waals surface area contributed by atoms with Crippen LogP contribution in [-0.2, 0) is 9.53 Å². The molecule has 3 nitrogen and oxygen atoms in total. The highest BCUT2D eigenvalue weighted by molar-refractivity contribution is 5.73. The van der Waals surface area contributed by atoms with Gasteiger partial charge in [-0.3, -0.25) is 0 Å². The second kappa shape index (κ2) is 4.16. The Morgan fingerprint density at radius 1 is 1.70 bits per heavy atom. The molecule has 0 aromatic heterocycles. The molecule has 0 saturated carbocycles. The number of carbonyl (C=O) groups is 1. The van der Waals surface area contributed by atoms with Crippen LogP contribution < -0.4 is 0 Å². The van der Waals surface area contributed by atoms with Crippen molar-refractivity contribution in [1.82, 2.24) is 0 Å². The normalized spacial score (nSPS) is 13.3. The van der Waals surface area contributed by atoms with Gasteiger partial charge in [-0.1, -0.05) is 0 Å². The standard InChI is InChI=1S/C5H8F2O3/c1-3(8)5(9)10-2-4(6)7/h3-4,8H,2H2,1H3/t3-/m0/s1. The Hall–Kier alpha value is -0.710. The van der Waals surface area contributed by atoms with Crippen LogP contribution in [0.4, 0.5) is 8.78 Å². The van der Waals surface area contributed by atoms with Gasteiger partial charge in [0.1, 0.15) is 6.10 Å². The number of aliphatic hydroxyl groups excluding tert-OH is 1. The molecule has 1 atom stereocenters. The van der Waals surface area contributed by atoms with Crippen LogP contribution in [0.1, 0.15) is 6.92 Å². The highest BCUT2D eigenvalue weighted by Crippen LogP contribution is 1.94. The van der Waals surface area contributed by atoms with E-state index in [0.29, 0.717) is 0 Å². The molecule has 0 aliphatic carbocycles. The van der Waals surface area contributed by atoms with E-state index in [-0.39, 0.29) is 0 Å². The Balaban J connectivity index is 3.40. The fraction of sp³-hybridized carbons (Fsp3) is 0.800. The van der Waals surface area contributed by atoms with E-state index in [1.54, 1.807) is 0 Å². The topological polar surface area (TPSA) is 46.5 Å². The largest absolute Gasteiger partial charge is 0.458 e. The number of esters is 1. The number of rotatable bonds is 3. The molecule has 0 aliphatic rings. The molecule has 0 rings (SSSR count). The second-order valence-corrected chi connectivity index (χ2v) is 1.70. The van der Waals surface area contributed by atoms with Gasteiger partial charge in [0.05, 0.1) is 0 Å². The van der Waals surface area contributed by atoms with Crippen molar-refractivity contribution in [3.05, 3.63) is 0 Å². The van der Waals surface area contributed by atoms with E-state index in [2.05, 4.69) is 4.74 Å². The molecule has 0 bridgehead atoms. The summed E-state index contributed by atoms with van der Waals surface area (Å²) >= 11 is 0. The predicted molar refractivity (Wildman–Crippen MR) is 28.6 cm³/mol. The van der Waals surface area contributed by atoms with Gasteiger partial charge in [-0.15, -0.1) is 0 Å². The molecule has 0 amide bonds. The van der Waals surface area contributed by atoms with Crippen LogP contribution in [0.3, 0.4) is 0 Å². The number of alkyl halides is 2. The number of aliphatic hydroxyl groups is 1. The third kappa shape index (κ3) is 4.20. The molecule has 0 aromatic carbocycles. The Morgan fingerprint density at radius 3 is 2.50 bits per heavy atom. The summed E-state index contributed by atoms with van der Waals surface area (Å²) in [6.45, 7) is 0.192. The third-order valence-electron chi connectivity index (χ3n) is 0.693. The zero-order valence-electron chi connectivity index (χ0n) is 5.38. The summed E-state index contributed by atoms with van der Waals surface area (Å²) in [7, 11) is 0. The monoisotopic (exact) mass is 154 g/mol. The van der Waals surface area contributed by atoms with Gasteiger partial charge in [-0.25, -0.2) is 13.6 Å². The lowest BCUT2D eigenvalue weighted by Crippen LogP contribution is -2.21. The second-order valence-electron chi connectivity index (χ2n) is 1.70. The smallest absolute Gasteiger partial charge is 0.334 e. The fourth-order valence-corrected chi connectivity index (χ4v) is 0.266. The summed E-state index contributed by atoms with van der Waals surface area (Å²) in [5.41, 5.74) is 0. The van der Waals surface area contributed by atoms with Crippen molar-refractivity contribution in [2.45, 2.75) is 19.5 Å². The maximum atomic E-state index is 11.3. The van der Waals surface area contributed by atoms with Gasteiger partial charge in [0, 0.05) is 0 Å². The van der Waals surface area contributed by atoms with Crippen molar-refractivity contribution in [3.63, 3.8) is 0 Å². The molecule has 0 radical (unpaired) electrons. The molecular formula is C5H8F2O3. The molecule has 0 heterocycles. The van der Waals surface area contributed by atoms with Crippen molar-refractivity contribution in [2.75, 3.05) is 6.61 Å². The highest BCUT2D eigenvalue weighted by atomic mass is 19.3. The molecule has 1 N–H and O–H groups in total. The Labute approximate surface area is 56.6 Å². The van der Waals surface area contributed by atoms with E-state index in [1.165, 1.54) is 0 Å². The average molecular weight is 154 g/mol. The molecule has 0 aromatic rings. The molecule has 60 valence electrons. The number of halogens is 2. The number of carbonyl (C=O) groups excluding carboxylic acids is 1. The van der Waals surface area contributed by atoms with Gasteiger partial charge in [0.15, 0.2) is 6.61 Å². The van der Waals surface area contributed by atoms with Crippen LogP contribution in [0.2, 0.25) is 0 Å². The van der Waals surface area contributed by atoms with Crippen LogP contribution in [0.5, 0.6) is 0 Å². The Kier molecular flexibility index (Phi) is 3.87. The van der Waals surface area contributed by atoms with Gasteiger partial charge in [0.2, 0.25) is 0 Å². The summed E-state index contributed by atoms with van der Waals surface area (Å²) in [4.78, 5) is 10.2. The minimum absolute atomic E-state index is 0.955. The maximum Gasteiger partial charge on any atom is 0.334 e. The molecule has 5 heteroatoms. The van der Waals surface area contributed by atoms with Crippen molar-refractivity contribution in [3.8, 4) is 0 Å². The first-order valence-corrected chi connectivity index (χ1v) is 2.67. The highest BCUT2D eigenvalue weighted by Gasteiger charge is 2.12. The average Bonchev–Trinajstić information content (AvgIpc) is 1.82.